The van der Waals surface area contributed by atoms with E-state index in [4.69, 9.17) is 9.68 Å². The molecule has 0 radical (unpaired) electrons. The van der Waals surface area contributed by atoms with Gasteiger partial charge in [0.05, 0.1) is 12.1 Å². The second-order valence-corrected chi connectivity index (χ2v) is 15.3. The van der Waals surface area contributed by atoms with Crippen LogP contribution in [0.1, 0.15) is 129 Å². The third-order valence-electron chi connectivity index (χ3n) is 9.67. The van der Waals surface area contributed by atoms with Crippen LogP contribution in [0.4, 0.5) is 0 Å². The topological polar surface area (TPSA) is 24.9 Å². The van der Waals surface area contributed by atoms with Crippen molar-refractivity contribution in [2.24, 2.45) is 11.8 Å². The van der Waals surface area contributed by atoms with E-state index in [0.717, 1.165) is 12.8 Å². The summed E-state index contributed by atoms with van der Waals surface area (Å²) in [5.74, 6) is 0.662. The van der Waals surface area contributed by atoms with Crippen molar-refractivity contribution in [3.05, 3.63) is 144 Å². The summed E-state index contributed by atoms with van der Waals surface area (Å²) in [4.78, 5) is 14.1. The van der Waals surface area contributed by atoms with E-state index in [1.54, 1.807) is 0 Å². The summed E-state index contributed by atoms with van der Waals surface area (Å²) in [6, 6.07) is 43.0. The maximum atomic E-state index is 7.07. The van der Waals surface area contributed by atoms with Gasteiger partial charge in [0.15, 0.2) is 0 Å². The van der Waals surface area contributed by atoms with E-state index in [0.29, 0.717) is 11.8 Å². The number of rotatable bonds is 17. The van der Waals surface area contributed by atoms with Crippen LogP contribution in [0, 0.1) is 11.8 Å². The molecule has 0 saturated carbocycles. The monoisotopic (exact) mass is 648 g/mol. The molecule has 0 heterocycles. The molecule has 0 saturated heterocycles. The molecule has 0 aromatic heterocycles. The van der Waals surface area contributed by atoms with Gasteiger partial charge in [-0.05, 0) is 88.5 Å². The lowest BCUT2D eigenvalue weighted by Gasteiger charge is -2.49. The first kappa shape index (κ1) is 37.5. The molecule has 48 heavy (non-hydrogen) atoms. The van der Waals surface area contributed by atoms with Crippen LogP contribution < -0.4 is 0 Å². The number of hydrogen-bond acceptors (Lipinski definition) is 4. The fourth-order valence-electron chi connectivity index (χ4n) is 6.79. The first-order valence-corrected chi connectivity index (χ1v) is 17.9. The van der Waals surface area contributed by atoms with Gasteiger partial charge >= 0.3 is 0 Å². The fraction of sp³-hybridized carbons (Fsp3) is 0.455. The first-order chi connectivity index (χ1) is 22.8. The van der Waals surface area contributed by atoms with Crippen LogP contribution in [0.2, 0.25) is 0 Å². The van der Waals surface area contributed by atoms with Crippen molar-refractivity contribution in [1.29, 1.82) is 0 Å². The van der Waals surface area contributed by atoms with Gasteiger partial charge in [0.2, 0.25) is 0 Å². The van der Waals surface area contributed by atoms with Crippen molar-refractivity contribution in [2.45, 2.75) is 117 Å². The second-order valence-electron chi connectivity index (χ2n) is 15.3. The van der Waals surface area contributed by atoms with Crippen LogP contribution in [-0.4, -0.2) is 21.2 Å². The summed E-state index contributed by atoms with van der Waals surface area (Å²) in [5, 5.41) is 4.63. The molecule has 4 heteroatoms. The summed E-state index contributed by atoms with van der Waals surface area (Å²) >= 11 is 0. The van der Waals surface area contributed by atoms with E-state index >= 15 is 0 Å². The van der Waals surface area contributed by atoms with E-state index in [9.17, 15) is 0 Å². The van der Waals surface area contributed by atoms with Gasteiger partial charge in [0.1, 0.15) is 12.2 Å². The molecule has 0 aliphatic carbocycles. The molecule has 0 N–H and O–H groups in total. The minimum Gasteiger partial charge on any atom is -0.290 e. The van der Waals surface area contributed by atoms with Crippen LogP contribution >= 0.6 is 0 Å². The van der Waals surface area contributed by atoms with E-state index < -0.39 is 0 Å². The molecule has 0 aliphatic heterocycles. The highest BCUT2D eigenvalue weighted by atomic mass is 16.7. The standard InChI is InChI=1S/C44H60N2O2/c1-33(2)41(39-27-19-13-20-28-39)45(47-35(5)37-23-15-11-16-24-37)43(7,8)31-32-44(9,10)46(48-36(6)38-25-17-12-18-26-38)42(34(3)4)40-29-21-14-22-30-40/h11-30,33-36,41-42H,31-32H2,1-10H3. The molecule has 4 atom stereocenters. The molecular weight excluding hydrogens is 588 g/mol. The van der Waals surface area contributed by atoms with E-state index in [-0.39, 0.29) is 35.4 Å². The number of nitrogens with zero attached hydrogens (tertiary/aromatic N) is 2. The molecule has 0 spiro atoms. The Kier molecular flexibility index (Phi) is 13.2. The largest absolute Gasteiger partial charge is 0.290 e. The fourth-order valence-corrected chi connectivity index (χ4v) is 6.79. The molecule has 4 aromatic carbocycles. The molecule has 4 nitrogen and oxygen atoms in total. The smallest absolute Gasteiger partial charge is 0.102 e. The van der Waals surface area contributed by atoms with Crippen LogP contribution in [0.15, 0.2) is 121 Å². The van der Waals surface area contributed by atoms with Gasteiger partial charge in [0, 0.05) is 11.1 Å². The maximum absolute atomic E-state index is 7.07. The Bertz CT molecular complexity index is 1360. The number of hydrogen-bond donors (Lipinski definition) is 0. The molecule has 0 amide bonds. The molecule has 4 unspecified atom stereocenters. The molecule has 4 rings (SSSR count). The molecular formula is C44H60N2O2. The van der Waals surface area contributed by atoms with Crippen molar-refractivity contribution in [1.82, 2.24) is 10.1 Å². The SMILES string of the molecule is CC(ON(C(c1ccccc1)C(C)C)C(C)(C)CCC(C)(C)N(OC(C)c1ccccc1)C(c1ccccc1)C(C)C)c1ccccc1. The Morgan fingerprint density at radius 3 is 0.917 bits per heavy atom. The van der Waals surface area contributed by atoms with Gasteiger partial charge in [-0.25, -0.2) is 0 Å². The first-order valence-electron chi connectivity index (χ1n) is 17.9. The highest BCUT2D eigenvalue weighted by Crippen LogP contribution is 2.43. The summed E-state index contributed by atoms with van der Waals surface area (Å²) in [6.07, 6.45) is 1.60. The third kappa shape index (κ3) is 9.66. The van der Waals surface area contributed by atoms with Gasteiger partial charge in [-0.2, -0.15) is 10.1 Å². The third-order valence-corrected chi connectivity index (χ3v) is 9.67. The zero-order valence-corrected chi connectivity index (χ0v) is 31.1. The second kappa shape index (κ2) is 16.9. The van der Waals surface area contributed by atoms with Gasteiger partial charge in [-0.3, -0.25) is 9.68 Å². The van der Waals surface area contributed by atoms with Gasteiger partial charge < -0.3 is 0 Å². The lowest BCUT2D eigenvalue weighted by molar-refractivity contribution is -0.291. The predicted molar refractivity (Wildman–Crippen MR) is 201 cm³/mol. The summed E-state index contributed by atoms with van der Waals surface area (Å²) < 4.78 is 0. The predicted octanol–water partition coefficient (Wildman–Crippen LogP) is 12.1. The van der Waals surface area contributed by atoms with Gasteiger partial charge in [-0.1, -0.05) is 149 Å². The minimum atomic E-state index is -0.304. The lowest BCUT2D eigenvalue weighted by Crippen LogP contribution is -2.52. The Hall–Kier alpha value is -3.28. The van der Waals surface area contributed by atoms with Crippen molar-refractivity contribution in [2.75, 3.05) is 0 Å². The summed E-state index contributed by atoms with van der Waals surface area (Å²) in [6.45, 7) is 22.9. The lowest BCUT2D eigenvalue weighted by atomic mass is 9.84. The Balaban J connectivity index is 1.69. The van der Waals surface area contributed by atoms with Crippen molar-refractivity contribution >= 4 is 0 Å². The molecule has 0 aliphatic rings. The highest BCUT2D eigenvalue weighted by molar-refractivity contribution is 5.22. The highest BCUT2D eigenvalue weighted by Gasteiger charge is 2.42. The Morgan fingerprint density at radius 2 is 0.667 bits per heavy atom. The minimum absolute atomic E-state index is 0.0775. The van der Waals surface area contributed by atoms with E-state index in [1.807, 2.05) is 0 Å². The van der Waals surface area contributed by atoms with Crippen LogP contribution in [-0.2, 0) is 9.68 Å². The van der Waals surface area contributed by atoms with Crippen molar-refractivity contribution < 1.29 is 9.68 Å². The van der Waals surface area contributed by atoms with Crippen LogP contribution in [0.3, 0.4) is 0 Å². The van der Waals surface area contributed by atoms with Crippen molar-refractivity contribution in [3.63, 3.8) is 0 Å². The zero-order chi connectivity index (χ0) is 34.9. The van der Waals surface area contributed by atoms with Crippen LogP contribution in [0.25, 0.3) is 0 Å². The molecule has 0 bridgehead atoms. The average molecular weight is 649 g/mol. The quantitative estimate of drug-likeness (QED) is 0.106. The Labute approximate surface area is 292 Å². The molecule has 258 valence electrons. The normalized spacial score (nSPS) is 15.2. The summed E-state index contributed by atoms with van der Waals surface area (Å²) in [5.41, 5.74) is 4.28. The van der Waals surface area contributed by atoms with Crippen LogP contribution in [0.5, 0.6) is 0 Å². The number of hydroxylamine groups is 4. The average Bonchev–Trinajstić information content (AvgIpc) is 3.08. The van der Waals surface area contributed by atoms with E-state index in [1.165, 1.54) is 22.3 Å². The van der Waals surface area contributed by atoms with E-state index in [2.05, 4.69) is 201 Å². The van der Waals surface area contributed by atoms with Crippen molar-refractivity contribution in [3.8, 4) is 0 Å². The Morgan fingerprint density at radius 1 is 0.417 bits per heavy atom. The van der Waals surface area contributed by atoms with Gasteiger partial charge in [-0.15, -0.1) is 0 Å². The zero-order valence-electron chi connectivity index (χ0n) is 31.1. The number of benzene rings is 4. The maximum Gasteiger partial charge on any atom is 0.102 e. The molecule has 0 fully saturated rings. The van der Waals surface area contributed by atoms with Gasteiger partial charge in [0.25, 0.3) is 0 Å². The summed E-state index contributed by atoms with van der Waals surface area (Å²) in [7, 11) is 0. The molecule has 4 aromatic rings.